The first-order valence-electron chi connectivity index (χ1n) is 9.94. The van der Waals surface area contributed by atoms with Crippen LogP contribution in [0.5, 0.6) is 5.75 Å². The highest BCUT2D eigenvalue weighted by Crippen LogP contribution is 2.23. The van der Waals surface area contributed by atoms with Gasteiger partial charge >= 0.3 is 0 Å². The van der Waals surface area contributed by atoms with Gasteiger partial charge in [0.15, 0.2) is 0 Å². The molecule has 0 spiro atoms. The van der Waals surface area contributed by atoms with Crippen LogP contribution in [0.3, 0.4) is 0 Å². The number of hydrogen-bond acceptors (Lipinski definition) is 5. The van der Waals surface area contributed by atoms with Crippen LogP contribution in [0.4, 0.5) is 0 Å². The SMILES string of the molecule is CCOc1ccccc1-n1c(CCN2CCNCC2)nc2ccccc2c1=O. The second kappa shape index (κ2) is 8.54. The van der Waals surface area contributed by atoms with Crippen molar-refractivity contribution in [2.45, 2.75) is 13.3 Å². The third kappa shape index (κ3) is 3.79. The second-order valence-electron chi connectivity index (χ2n) is 6.93. The summed E-state index contributed by atoms with van der Waals surface area (Å²) in [6.07, 6.45) is 0.709. The van der Waals surface area contributed by atoms with Gasteiger partial charge in [-0.2, -0.15) is 0 Å². The van der Waals surface area contributed by atoms with E-state index >= 15 is 0 Å². The minimum Gasteiger partial charge on any atom is -0.492 e. The molecule has 0 unspecified atom stereocenters. The van der Waals surface area contributed by atoms with Gasteiger partial charge in [0.25, 0.3) is 5.56 Å². The normalized spacial score (nSPS) is 15.0. The quantitative estimate of drug-likeness (QED) is 0.713. The molecule has 6 nitrogen and oxygen atoms in total. The number of hydrogen-bond donors (Lipinski definition) is 1. The second-order valence-corrected chi connectivity index (χ2v) is 6.93. The lowest BCUT2D eigenvalue weighted by Gasteiger charge is -2.27. The summed E-state index contributed by atoms with van der Waals surface area (Å²) >= 11 is 0. The fourth-order valence-corrected chi connectivity index (χ4v) is 3.71. The topological polar surface area (TPSA) is 59.4 Å². The Hall–Kier alpha value is -2.70. The number of aromatic nitrogens is 2. The van der Waals surface area contributed by atoms with Gasteiger partial charge in [-0.15, -0.1) is 0 Å². The highest BCUT2D eigenvalue weighted by atomic mass is 16.5. The van der Waals surface area contributed by atoms with Crippen LogP contribution in [0.15, 0.2) is 53.3 Å². The molecule has 28 heavy (non-hydrogen) atoms. The standard InChI is InChI=1S/C22H26N4O2/c1-2-28-20-10-6-5-9-19(20)26-21(11-14-25-15-12-23-13-16-25)24-18-8-4-3-7-17(18)22(26)27/h3-10,23H,2,11-16H2,1H3. The molecule has 146 valence electrons. The fraction of sp³-hybridized carbons (Fsp3) is 0.364. The number of benzene rings is 2. The molecule has 0 bridgehead atoms. The Kier molecular flexibility index (Phi) is 5.69. The van der Waals surface area contributed by atoms with Crippen molar-refractivity contribution in [3.05, 3.63) is 64.7 Å². The first kappa shape index (κ1) is 18.7. The number of ether oxygens (including phenoxy) is 1. The van der Waals surface area contributed by atoms with Crippen LogP contribution in [0, 0.1) is 0 Å². The van der Waals surface area contributed by atoms with Crippen LogP contribution in [-0.4, -0.2) is 53.8 Å². The minimum absolute atomic E-state index is 0.0481. The number of fused-ring (bicyclic) bond motifs is 1. The maximum absolute atomic E-state index is 13.4. The molecule has 2 heterocycles. The molecule has 6 heteroatoms. The molecule has 0 saturated carbocycles. The molecule has 0 radical (unpaired) electrons. The average Bonchev–Trinajstić information content (AvgIpc) is 2.74. The molecule has 1 N–H and O–H groups in total. The van der Waals surface area contributed by atoms with Crippen LogP contribution in [0.2, 0.25) is 0 Å². The zero-order valence-electron chi connectivity index (χ0n) is 16.2. The van der Waals surface area contributed by atoms with Crippen molar-refractivity contribution >= 4 is 10.9 Å². The van der Waals surface area contributed by atoms with Crippen LogP contribution in [-0.2, 0) is 6.42 Å². The van der Waals surface area contributed by atoms with Crippen molar-refractivity contribution in [1.29, 1.82) is 0 Å². The minimum atomic E-state index is -0.0481. The third-order valence-electron chi connectivity index (χ3n) is 5.11. The molecule has 1 aliphatic heterocycles. The monoisotopic (exact) mass is 378 g/mol. The predicted octanol–water partition coefficient (Wildman–Crippen LogP) is 2.23. The Labute approximate surface area is 164 Å². The summed E-state index contributed by atoms with van der Waals surface area (Å²) in [5.41, 5.74) is 1.45. The molecular weight excluding hydrogens is 352 g/mol. The van der Waals surface area contributed by atoms with Crippen molar-refractivity contribution in [3.63, 3.8) is 0 Å². The first-order chi connectivity index (χ1) is 13.8. The lowest BCUT2D eigenvalue weighted by Crippen LogP contribution is -2.44. The van der Waals surface area contributed by atoms with Gasteiger partial charge in [-0.3, -0.25) is 9.36 Å². The van der Waals surface area contributed by atoms with Gasteiger partial charge in [0.2, 0.25) is 0 Å². The molecule has 0 aliphatic carbocycles. The van der Waals surface area contributed by atoms with E-state index in [4.69, 9.17) is 9.72 Å². The third-order valence-corrected chi connectivity index (χ3v) is 5.11. The van der Waals surface area contributed by atoms with Gasteiger partial charge in [-0.25, -0.2) is 4.98 Å². The van der Waals surface area contributed by atoms with Gasteiger partial charge < -0.3 is 15.0 Å². The maximum atomic E-state index is 13.4. The van der Waals surface area contributed by atoms with Crippen LogP contribution < -0.4 is 15.6 Å². The Morgan fingerprint density at radius 1 is 1.07 bits per heavy atom. The summed E-state index contributed by atoms with van der Waals surface area (Å²) in [6.45, 7) is 7.42. The van der Waals surface area contributed by atoms with Crippen molar-refractivity contribution < 1.29 is 4.74 Å². The Balaban J connectivity index is 1.81. The van der Waals surface area contributed by atoms with Crippen molar-refractivity contribution in [3.8, 4) is 11.4 Å². The molecule has 0 atom stereocenters. The van der Waals surface area contributed by atoms with Gasteiger partial charge in [0, 0.05) is 39.1 Å². The molecule has 3 aromatic rings. The number of nitrogens with zero attached hydrogens (tertiary/aromatic N) is 3. The molecule has 1 fully saturated rings. The number of nitrogens with one attached hydrogen (secondary N) is 1. The van der Waals surface area contributed by atoms with E-state index in [0.717, 1.165) is 49.8 Å². The van der Waals surface area contributed by atoms with Gasteiger partial charge in [-0.1, -0.05) is 24.3 Å². The molecule has 1 aliphatic rings. The van der Waals surface area contributed by atoms with Crippen molar-refractivity contribution in [2.75, 3.05) is 39.3 Å². The van der Waals surface area contributed by atoms with E-state index in [-0.39, 0.29) is 5.56 Å². The van der Waals surface area contributed by atoms with Crippen LogP contribution >= 0.6 is 0 Å². The fourth-order valence-electron chi connectivity index (χ4n) is 3.71. The summed E-state index contributed by atoms with van der Waals surface area (Å²) in [4.78, 5) is 20.7. The predicted molar refractivity (Wildman–Crippen MR) is 112 cm³/mol. The van der Waals surface area contributed by atoms with E-state index in [1.54, 1.807) is 4.57 Å². The van der Waals surface area contributed by atoms with E-state index in [1.165, 1.54) is 0 Å². The van der Waals surface area contributed by atoms with Gasteiger partial charge in [0.1, 0.15) is 11.6 Å². The highest BCUT2D eigenvalue weighted by molar-refractivity contribution is 5.78. The lowest BCUT2D eigenvalue weighted by molar-refractivity contribution is 0.242. The zero-order valence-corrected chi connectivity index (χ0v) is 16.2. The van der Waals surface area contributed by atoms with E-state index < -0.39 is 0 Å². The summed E-state index contributed by atoms with van der Waals surface area (Å²) in [7, 11) is 0. The number of para-hydroxylation sites is 3. The molecule has 0 amide bonds. The smallest absolute Gasteiger partial charge is 0.266 e. The highest BCUT2D eigenvalue weighted by Gasteiger charge is 2.17. The molecule has 4 rings (SSSR count). The number of piperazine rings is 1. The lowest BCUT2D eigenvalue weighted by atomic mass is 10.2. The summed E-state index contributed by atoms with van der Waals surface area (Å²) in [5, 5.41) is 4.00. The molecule has 1 saturated heterocycles. The average molecular weight is 378 g/mol. The van der Waals surface area contributed by atoms with E-state index in [2.05, 4.69) is 10.2 Å². The molecule has 2 aromatic carbocycles. The largest absolute Gasteiger partial charge is 0.492 e. The Morgan fingerprint density at radius 2 is 1.82 bits per heavy atom. The summed E-state index contributed by atoms with van der Waals surface area (Å²) in [5.74, 6) is 1.47. The summed E-state index contributed by atoms with van der Waals surface area (Å²) in [6, 6.07) is 15.2. The van der Waals surface area contributed by atoms with Crippen molar-refractivity contribution in [1.82, 2.24) is 19.8 Å². The summed E-state index contributed by atoms with van der Waals surface area (Å²) < 4.78 is 7.53. The van der Waals surface area contributed by atoms with E-state index in [0.29, 0.717) is 24.2 Å². The maximum Gasteiger partial charge on any atom is 0.266 e. The molecular formula is C22H26N4O2. The number of rotatable bonds is 6. The van der Waals surface area contributed by atoms with Crippen LogP contribution in [0.1, 0.15) is 12.7 Å². The first-order valence-corrected chi connectivity index (χ1v) is 9.94. The van der Waals surface area contributed by atoms with E-state index in [9.17, 15) is 4.79 Å². The van der Waals surface area contributed by atoms with E-state index in [1.807, 2.05) is 55.5 Å². The Morgan fingerprint density at radius 3 is 2.64 bits per heavy atom. The zero-order chi connectivity index (χ0) is 19.3. The van der Waals surface area contributed by atoms with Gasteiger partial charge in [-0.05, 0) is 31.2 Å². The molecule has 1 aromatic heterocycles. The Bertz CT molecular complexity index is 1010. The van der Waals surface area contributed by atoms with Crippen molar-refractivity contribution in [2.24, 2.45) is 0 Å². The van der Waals surface area contributed by atoms with Crippen LogP contribution in [0.25, 0.3) is 16.6 Å². The van der Waals surface area contributed by atoms with Gasteiger partial charge in [0.05, 0.1) is 23.2 Å².